The lowest BCUT2D eigenvalue weighted by Crippen LogP contribution is -2.46. The van der Waals surface area contributed by atoms with E-state index in [1.165, 1.54) is 6.07 Å². The van der Waals surface area contributed by atoms with Gasteiger partial charge in [0.1, 0.15) is 17.3 Å². The summed E-state index contributed by atoms with van der Waals surface area (Å²) in [5, 5.41) is 8.78. The Bertz CT molecular complexity index is 1120. The van der Waals surface area contributed by atoms with Gasteiger partial charge >= 0.3 is 18.2 Å². The Balaban J connectivity index is 2.49. The molecule has 0 saturated carbocycles. The minimum absolute atomic E-state index is 0.0110. The van der Waals surface area contributed by atoms with E-state index in [1.54, 1.807) is 25.2 Å². The Morgan fingerprint density at radius 2 is 1.97 bits per heavy atom. The first-order chi connectivity index (χ1) is 15.8. The zero-order valence-corrected chi connectivity index (χ0v) is 19.0. The highest BCUT2D eigenvalue weighted by molar-refractivity contribution is 6.31. The van der Waals surface area contributed by atoms with Gasteiger partial charge in [-0.15, -0.1) is 0 Å². The standard InChI is InChI=1S/C23H21ClF4N2O4/c1-5-6-7-15(14(3)34-12-21(31)32)9-16-10-19(18(25)11-17(16)24)30-13(2)8-20(23(26,27)28)29(4)22(30)33/h5-8,10-11H,2-3,9,12H2,1,4H3,(H,31,32)/b6-5-,15-7-. The Labute approximate surface area is 198 Å². The third-order valence-corrected chi connectivity index (χ3v) is 5.03. The number of benzene rings is 1. The number of amides is 2. The number of carbonyl (C=O) groups is 2. The molecule has 0 radical (unpaired) electrons. The lowest BCUT2D eigenvalue weighted by molar-refractivity contribution is -0.140. The van der Waals surface area contributed by atoms with Crippen molar-refractivity contribution in [2.75, 3.05) is 18.6 Å². The van der Waals surface area contributed by atoms with Crippen molar-refractivity contribution in [3.8, 4) is 0 Å². The minimum atomic E-state index is -4.81. The van der Waals surface area contributed by atoms with Crippen molar-refractivity contribution in [2.45, 2.75) is 19.5 Å². The number of allylic oxidation sites excluding steroid dienone is 6. The van der Waals surface area contributed by atoms with E-state index in [0.29, 0.717) is 21.4 Å². The molecule has 11 heteroatoms. The van der Waals surface area contributed by atoms with E-state index in [0.717, 1.165) is 13.1 Å². The second kappa shape index (κ2) is 10.6. The van der Waals surface area contributed by atoms with Crippen LogP contribution in [0.1, 0.15) is 12.5 Å². The molecule has 2 amide bonds. The lowest BCUT2D eigenvalue weighted by atomic mass is 10.0. The number of rotatable bonds is 8. The minimum Gasteiger partial charge on any atom is -0.482 e. The number of hydrogen-bond acceptors (Lipinski definition) is 3. The normalized spacial score (nSPS) is 15.1. The molecule has 1 aromatic rings. The van der Waals surface area contributed by atoms with Gasteiger partial charge in [0.15, 0.2) is 6.61 Å². The predicted molar refractivity (Wildman–Crippen MR) is 120 cm³/mol. The average Bonchev–Trinajstić information content (AvgIpc) is 2.73. The van der Waals surface area contributed by atoms with Crippen molar-refractivity contribution >= 4 is 29.3 Å². The molecule has 0 saturated heterocycles. The quantitative estimate of drug-likeness (QED) is 0.271. The van der Waals surface area contributed by atoms with Crippen LogP contribution in [-0.4, -0.2) is 41.8 Å². The van der Waals surface area contributed by atoms with Crippen LogP contribution in [0.3, 0.4) is 0 Å². The molecule has 2 rings (SSSR count). The summed E-state index contributed by atoms with van der Waals surface area (Å²) in [5.41, 5.74) is -1.30. The van der Waals surface area contributed by atoms with E-state index in [1.807, 2.05) is 0 Å². The van der Waals surface area contributed by atoms with Gasteiger partial charge in [-0.2, -0.15) is 13.2 Å². The van der Waals surface area contributed by atoms with Crippen LogP contribution >= 0.6 is 11.6 Å². The Hall–Kier alpha value is -3.53. The average molecular weight is 501 g/mol. The summed E-state index contributed by atoms with van der Waals surface area (Å²) in [7, 11) is 0.914. The Morgan fingerprint density at radius 3 is 2.53 bits per heavy atom. The third-order valence-electron chi connectivity index (χ3n) is 4.68. The fraction of sp³-hybridized carbons (Fsp3) is 0.217. The van der Waals surface area contributed by atoms with Crippen molar-refractivity contribution in [3.05, 3.63) is 88.7 Å². The van der Waals surface area contributed by atoms with Gasteiger partial charge in [-0.3, -0.25) is 9.80 Å². The van der Waals surface area contributed by atoms with Gasteiger partial charge in [0, 0.05) is 24.2 Å². The molecule has 0 bridgehead atoms. The van der Waals surface area contributed by atoms with Crippen molar-refractivity contribution in [1.82, 2.24) is 4.90 Å². The molecule has 0 aliphatic carbocycles. The molecular weight excluding hydrogens is 480 g/mol. The molecule has 6 nitrogen and oxygen atoms in total. The summed E-state index contributed by atoms with van der Waals surface area (Å²) in [6, 6.07) is 0.963. The number of alkyl halides is 3. The van der Waals surface area contributed by atoms with Crippen LogP contribution in [-0.2, 0) is 16.0 Å². The highest BCUT2D eigenvalue weighted by atomic mass is 35.5. The molecule has 1 N–H and O–H groups in total. The van der Waals surface area contributed by atoms with Gasteiger partial charge in [-0.25, -0.2) is 14.0 Å². The maximum absolute atomic E-state index is 14.8. The summed E-state index contributed by atoms with van der Waals surface area (Å²) in [6.07, 6.45) is 0.722. The number of urea groups is 1. The number of hydrogen-bond donors (Lipinski definition) is 1. The van der Waals surface area contributed by atoms with Crippen LogP contribution in [0, 0.1) is 5.82 Å². The molecular formula is C23H21ClF4N2O4. The molecule has 0 aromatic heterocycles. The number of anilines is 1. The SMILES string of the molecule is C=C(OCC(=O)O)/C(=C\C=C/C)Cc1cc(N2C(=C)C=C(C(F)(F)F)N(C)C2=O)c(F)cc1Cl. The van der Waals surface area contributed by atoms with Crippen LogP contribution < -0.4 is 4.90 Å². The Kier molecular flexibility index (Phi) is 8.33. The molecule has 34 heavy (non-hydrogen) atoms. The summed E-state index contributed by atoms with van der Waals surface area (Å²) >= 11 is 6.19. The summed E-state index contributed by atoms with van der Waals surface area (Å²) < 4.78 is 59.6. The van der Waals surface area contributed by atoms with Crippen LogP contribution in [0.25, 0.3) is 0 Å². The van der Waals surface area contributed by atoms with Crippen LogP contribution in [0.15, 0.2) is 72.3 Å². The van der Waals surface area contributed by atoms with E-state index in [-0.39, 0.29) is 34.2 Å². The second-order valence-electron chi connectivity index (χ2n) is 7.09. The second-order valence-corrected chi connectivity index (χ2v) is 7.50. The predicted octanol–water partition coefficient (Wildman–Crippen LogP) is 5.97. The topological polar surface area (TPSA) is 70.1 Å². The van der Waals surface area contributed by atoms with E-state index in [2.05, 4.69) is 13.2 Å². The maximum atomic E-state index is 14.8. The lowest BCUT2D eigenvalue weighted by Gasteiger charge is -2.35. The first-order valence-corrected chi connectivity index (χ1v) is 10.0. The van der Waals surface area contributed by atoms with E-state index in [4.69, 9.17) is 21.4 Å². The van der Waals surface area contributed by atoms with Crippen LogP contribution in [0.4, 0.5) is 28.0 Å². The van der Waals surface area contributed by atoms with Gasteiger partial charge in [-0.05, 0) is 36.3 Å². The summed E-state index contributed by atoms with van der Waals surface area (Å²) in [5.74, 6) is -2.15. The number of ether oxygens (including phenoxy) is 1. The van der Waals surface area contributed by atoms with Crippen LogP contribution in [0.5, 0.6) is 0 Å². The van der Waals surface area contributed by atoms with Crippen LogP contribution in [0.2, 0.25) is 5.02 Å². The largest absolute Gasteiger partial charge is 0.482 e. The molecule has 1 aliphatic heterocycles. The van der Waals surface area contributed by atoms with Crippen molar-refractivity contribution in [1.29, 1.82) is 0 Å². The van der Waals surface area contributed by atoms with Gasteiger partial charge in [0.2, 0.25) is 0 Å². The van der Waals surface area contributed by atoms with Gasteiger partial charge < -0.3 is 9.84 Å². The Morgan fingerprint density at radius 1 is 1.32 bits per heavy atom. The monoisotopic (exact) mass is 500 g/mol. The number of nitrogens with zero attached hydrogens (tertiary/aromatic N) is 2. The molecule has 1 heterocycles. The van der Waals surface area contributed by atoms with E-state index >= 15 is 0 Å². The first-order valence-electron chi connectivity index (χ1n) is 9.67. The number of carboxylic acids is 1. The number of halogens is 5. The summed E-state index contributed by atoms with van der Waals surface area (Å²) in [4.78, 5) is 24.6. The van der Waals surface area contributed by atoms with E-state index < -0.39 is 36.3 Å². The van der Waals surface area contributed by atoms with Gasteiger partial charge in [0.05, 0.1) is 5.69 Å². The highest BCUT2D eigenvalue weighted by Gasteiger charge is 2.43. The fourth-order valence-corrected chi connectivity index (χ4v) is 3.24. The van der Waals surface area contributed by atoms with Crippen molar-refractivity contribution in [3.63, 3.8) is 0 Å². The molecule has 1 aliphatic rings. The third kappa shape index (κ3) is 6.07. The van der Waals surface area contributed by atoms with Crippen molar-refractivity contribution < 1.29 is 37.0 Å². The zero-order chi connectivity index (χ0) is 25.8. The molecule has 0 spiro atoms. The molecule has 0 unspecified atom stereocenters. The summed E-state index contributed by atoms with van der Waals surface area (Å²) in [6.45, 7) is 8.27. The van der Waals surface area contributed by atoms with Gasteiger partial charge in [0.25, 0.3) is 0 Å². The van der Waals surface area contributed by atoms with E-state index in [9.17, 15) is 27.2 Å². The molecule has 182 valence electrons. The molecule has 0 fully saturated rings. The van der Waals surface area contributed by atoms with Crippen molar-refractivity contribution in [2.24, 2.45) is 0 Å². The fourth-order valence-electron chi connectivity index (χ4n) is 3.02. The molecule has 0 atom stereocenters. The maximum Gasteiger partial charge on any atom is 0.431 e. The first kappa shape index (κ1) is 26.7. The zero-order valence-electron chi connectivity index (χ0n) is 18.2. The highest BCUT2D eigenvalue weighted by Crippen LogP contribution is 2.38. The molecule has 1 aromatic carbocycles. The number of carboxylic acid groups (broad SMARTS) is 1. The number of aliphatic carboxylic acids is 1. The smallest absolute Gasteiger partial charge is 0.431 e. The van der Waals surface area contributed by atoms with Gasteiger partial charge in [-0.1, -0.05) is 43.0 Å². The number of carbonyl (C=O) groups excluding carboxylic acids is 1.